The van der Waals surface area contributed by atoms with E-state index in [-0.39, 0.29) is 6.03 Å². The molecule has 1 heterocycles. The smallest absolute Gasteiger partial charge is 0.317 e. The summed E-state index contributed by atoms with van der Waals surface area (Å²) in [6.07, 6.45) is 0. The number of piperazine rings is 1. The highest BCUT2D eigenvalue weighted by Gasteiger charge is 2.21. The SMILES string of the molecule is Cc1ccc(N2CCN(C(=O)NCc3ccccc3)CC2)cc1C. The largest absolute Gasteiger partial charge is 0.368 e. The van der Waals surface area contributed by atoms with Crippen molar-refractivity contribution in [1.82, 2.24) is 10.2 Å². The molecule has 1 fully saturated rings. The second-order valence-corrected chi connectivity index (χ2v) is 6.39. The first kappa shape index (κ1) is 16.4. The van der Waals surface area contributed by atoms with Gasteiger partial charge in [-0.1, -0.05) is 36.4 Å². The van der Waals surface area contributed by atoms with Crippen molar-refractivity contribution in [2.45, 2.75) is 20.4 Å². The molecule has 0 radical (unpaired) electrons. The molecule has 126 valence electrons. The van der Waals surface area contributed by atoms with Crippen molar-refractivity contribution in [1.29, 1.82) is 0 Å². The minimum Gasteiger partial charge on any atom is -0.368 e. The summed E-state index contributed by atoms with van der Waals surface area (Å²) in [6, 6.07) is 16.6. The number of hydrogen-bond acceptors (Lipinski definition) is 2. The molecule has 0 aromatic heterocycles. The van der Waals surface area contributed by atoms with Crippen LogP contribution < -0.4 is 10.2 Å². The molecule has 24 heavy (non-hydrogen) atoms. The molecule has 1 aliphatic rings. The van der Waals surface area contributed by atoms with Gasteiger partial charge in [-0.2, -0.15) is 0 Å². The lowest BCUT2D eigenvalue weighted by Gasteiger charge is -2.36. The highest BCUT2D eigenvalue weighted by Crippen LogP contribution is 2.20. The van der Waals surface area contributed by atoms with Gasteiger partial charge in [0.05, 0.1) is 0 Å². The van der Waals surface area contributed by atoms with Crippen molar-refractivity contribution in [3.05, 3.63) is 65.2 Å². The summed E-state index contributed by atoms with van der Waals surface area (Å²) in [5.41, 5.74) is 5.01. The topological polar surface area (TPSA) is 35.6 Å². The first-order valence-corrected chi connectivity index (χ1v) is 8.52. The molecule has 0 atom stereocenters. The molecule has 0 spiro atoms. The number of nitrogens with zero attached hydrogens (tertiary/aromatic N) is 2. The number of carbonyl (C=O) groups excluding carboxylic acids is 1. The molecule has 0 unspecified atom stereocenters. The van der Waals surface area contributed by atoms with E-state index in [9.17, 15) is 4.79 Å². The van der Waals surface area contributed by atoms with Crippen LogP contribution >= 0.6 is 0 Å². The molecule has 3 rings (SSSR count). The average molecular weight is 323 g/mol. The van der Waals surface area contributed by atoms with Gasteiger partial charge in [-0.3, -0.25) is 0 Å². The fraction of sp³-hybridized carbons (Fsp3) is 0.350. The van der Waals surface area contributed by atoms with Crippen molar-refractivity contribution >= 4 is 11.7 Å². The van der Waals surface area contributed by atoms with Crippen LogP contribution in [0.1, 0.15) is 16.7 Å². The Balaban J connectivity index is 1.51. The molecule has 4 nitrogen and oxygen atoms in total. The summed E-state index contributed by atoms with van der Waals surface area (Å²) >= 11 is 0. The third-order valence-electron chi connectivity index (χ3n) is 4.71. The zero-order chi connectivity index (χ0) is 16.9. The maximum absolute atomic E-state index is 12.3. The van der Waals surface area contributed by atoms with E-state index < -0.39 is 0 Å². The number of rotatable bonds is 3. The van der Waals surface area contributed by atoms with Gasteiger partial charge < -0.3 is 15.1 Å². The minimum absolute atomic E-state index is 0.0265. The van der Waals surface area contributed by atoms with Crippen LogP contribution in [0.3, 0.4) is 0 Å². The Labute approximate surface area is 144 Å². The number of amides is 2. The van der Waals surface area contributed by atoms with Gasteiger partial charge in [0.15, 0.2) is 0 Å². The average Bonchev–Trinajstić information content (AvgIpc) is 2.63. The number of nitrogens with one attached hydrogen (secondary N) is 1. The lowest BCUT2D eigenvalue weighted by Crippen LogP contribution is -2.51. The fourth-order valence-corrected chi connectivity index (χ4v) is 2.98. The van der Waals surface area contributed by atoms with Crippen molar-refractivity contribution in [3.63, 3.8) is 0 Å². The second kappa shape index (κ2) is 7.39. The van der Waals surface area contributed by atoms with Crippen LogP contribution in [0.2, 0.25) is 0 Å². The van der Waals surface area contributed by atoms with Gasteiger partial charge in [0, 0.05) is 38.4 Å². The van der Waals surface area contributed by atoms with E-state index in [1.54, 1.807) is 0 Å². The number of benzene rings is 2. The molecule has 1 aliphatic heterocycles. The number of anilines is 1. The Morgan fingerprint density at radius 2 is 1.67 bits per heavy atom. The van der Waals surface area contributed by atoms with Gasteiger partial charge in [-0.25, -0.2) is 4.79 Å². The third-order valence-corrected chi connectivity index (χ3v) is 4.71. The number of hydrogen-bond donors (Lipinski definition) is 1. The molecule has 0 saturated carbocycles. The lowest BCUT2D eigenvalue weighted by molar-refractivity contribution is 0.194. The molecule has 0 aliphatic carbocycles. The molecule has 4 heteroatoms. The number of urea groups is 1. The molecule has 2 aromatic rings. The molecular weight excluding hydrogens is 298 g/mol. The number of carbonyl (C=O) groups is 1. The van der Waals surface area contributed by atoms with Gasteiger partial charge in [-0.05, 0) is 42.7 Å². The molecule has 2 aromatic carbocycles. The van der Waals surface area contributed by atoms with Crippen LogP contribution in [0.15, 0.2) is 48.5 Å². The van der Waals surface area contributed by atoms with Gasteiger partial charge in [-0.15, -0.1) is 0 Å². The summed E-state index contributed by atoms with van der Waals surface area (Å²) in [6.45, 7) is 8.13. The van der Waals surface area contributed by atoms with E-state index in [2.05, 4.69) is 42.3 Å². The zero-order valence-corrected chi connectivity index (χ0v) is 14.5. The summed E-state index contributed by atoms with van der Waals surface area (Å²) in [5.74, 6) is 0. The lowest BCUT2D eigenvalue weighted by atomic mass is 10.1. The van der Waals surface area contributed by atoms with E-state index in [0.717, 1.165) is 31.7 Å². The predicted molar refractivity (Wildman–Crippen MR) is 98.4 cm³/mol. The Bertz CT molecular complexity index is 691. The van der Waals surface area contributed by atoms with E-state index >= 15 is 0 Å². The Hall–Kier alpha value is -2.49. The molecule has 0 bridgehead atoms. The van der Waals surface area contributed by atoms with Crippen LogP contribution in [0.5, 0.6) is 0 Å². The van der Waals surface area contributed by atoms with Gasteiger partial charge >= 0.3 is 6.03 Å². The maximum Gasteiger partial charge on any atom is 0.317 e. The third kappa shape index (κ3) is 3.88. The maximum atomic E-state index is 12.3. The van der Waals surface area contributed by atoms with Crippen LogP contribution in [-0.4, -0.2) is 37.1 Å². The standard InChI is InChI=1S/C20H25N3O/c1-16-8-9-19(14-17(16)2)22-10-12-23(13-11-22)20(24)21-15-18-6-4-3-5-7-18/h3-9,14H,10-13,15H2,1-2H3,(H,21,24). The first-order valence-electron chi connectivity index (χ1n) is 8.52. The van der Waals surface area contributed by atoms with Gasteiger partial charge in [0.2, 0.25) is 0 Å². The predicted octanol–water partition coefficient (Wildman–Crippen LogP) is 3.34. The second-order valence-electron chi connectivity index (χ2n) is 6.39. The molecular formula is C20H25N3O. The van der Waals surface area contributed by atoms with E-state index in [4.69, 9.17) is 0 Å². The van der Waals surface area contributed by atoms with Crippen LogP contribution in [-0.2, 0) is 6.54 Å². The first-order chi connectivity index (χ1) is 11.6. The highest BCUT2D eigenvalue weighted by atomic mass is 16.2. The van der Waals surface area contributed by atoms with E-state index in [0.29, 0.717) is 6.54 Å². The zero-order valence-electron chi connectivity index (χ0n) is 14.5. The quantitative estimate of drug-likeness (QED) is 0.940. The van der Waals surface area contributed by atoms with E-state index in [1.165, 1.54) is 16.8 Å². The van der Waals surface area contributed by atoms with Crippen LogP contribution in [0, 0.1) is 13.8 Å². The summed E-state index contributed by atoms with van der Waals surface area (Å²) < 4.78 is 0. The van der Waals surface area contributed by atoms with Crippen molar-refractivity contribution in [3.8, 4) is 0 Å². The molecule has 1 saturated heterocycles. The van der Waals surface area contributed by atoms with Crippen molar-refractivity contribution in [2.75, 3.05) is 31.1 Å². The minimum atomic E-state index is 0.0265. The number of aryl methyl sites for hydroxylation is 2. The Morgan fingerprint density at radius 1 is 0.958 bits per heavy atom. The summed E-state index contributed by atoms with van der Waals surface area (Å²) in [4.78, 5) is 16.6. The monoisotopic (exact) mass is 323 g/mol. The van der Waals surface area contributed by atoms with Crippen molar-refractivity contribution < 1.29 is 4.79 Å². The Morgan fingerprint density at radius 3 is 2.33 bits per heavy atom. The normalized spacial score (nSPS) is 14.6. The summed E-state index contributed by atoms with van der Waals surface area (Å²) in [7, 11) is 0. The highest BCUT2D eigenvalue weighted by molar-refractivity contribution is 5.74. The van der Waals surface area contributed by atoms with Crippen LogP contribution in [0.4, 0.5) is 10.5 Å². The molecule has 1 N–H and O–H groups in total. The van der Waals surface area contributed by atoms with Crippen LogP contribution in [0.25, 0.3) is 0 Å². The van der Waals surface area contributed by atoms with Crippen molar-refractivity contribution in [2.24, 2.45) is 0 Å². The fourth-order valence-electron chi connectivity index (χ4n) is 2.98. The van der Waals surface area contributed by atoms with Gasteiger partial charge in [0.25, 0.3) is 0 Å². The van der Waals surface area contributed by atoms with Gasteiger partial charge in [0.1, 0.15) is 0 Å². The Kier molecular flexibility index (Phi) is 5.04. The molecule has 2 amide bonds. The van der Waals surface area contributed by atoms with E-state index in [1.807, 2.05) is 35.2 Å². The summed E-state index contributed by atoms with van der Waals surface area (Å²) in [5, 5.41) is 3.01.